The molecule has 0 radical (unpaired) electrons. The molecule has 0 amide bonds. The molecule has 0 aliphatic heterocycles. The number of hydrogen-bond donors (Lipinski definition) is 4. The van der Waals surface area contributed by atoms with Gasteiger partial charge >= 0.3 is 0 Å². The number of rotatable bonds is 5. The van der Waals surface area contributed by atoms with Crippen LogP contribution in [0.5, 0.6) is 5.75 Å². The zero-order valence-electron chi connectivity index (χ0n) is 8.74. The van der Waals surface area contributed by atoms with Gasteiger partial charge in [-0.25, -0.2) is 0 Å². The summed E-state index contributed by atoms with van der Waals surface area (Å²) in [7, 11) is 0. The van der Waals surface area contributed by atoms with Gasteiger partial charge in [0.1, 0.15) is 11.3 Å². The van der Waals surface area contributed by atoms with Gasteiger partial charge in [0.05, 0.1) is 19.8 Å². The highest BCUT2D eigenvalue weighted by molar-refractivity contribution is 5.83. The van der Waals surface area contributed by atoms with Gasteiger partial charge in [0, 0.05) is 11.8 Å². The monoisotopic (exact) mass is 225 g/mol. The molecule has 1 aromatic rings. The summed E-state index contributed by atoms with van der Waals surface area (Å²) in [6, 6.07) is 6.53. The number of hydrogen-bond acceptors (Lipinski definition) is 5. The van der Waals surface area contributed by atoms with Gasteiger partial charge < -0.3 is 20.4 Å². The van der Waals surface area contributed by atoms with Crippen molar-refractivity contribution in [3.63, 3.8) is 0 Å². The molecular weight excluding hydrogens is 210 g/mol. The van der Waals surface area contributed by atoms with E-state index in [9.17, 15) is 5.11 Å². The summed E-state index contributed by atoms with van der Waals surface area (Å²) in [6.45, 7) is -1.40. The van der Waals surface area contributed by atoms with Crippen molar-refractivity contribution in [2.24, 2.45) is 4.99 Å². The quantitative estimate of drug-likeness (QED) is 0.509. The third-order valence-electron chi connectivity index (χ3n) is 2.30. The molecule has 1 aromatic carbocycles. The SMILES string of the molecule is OCC(CO)(CO)N=Cc1ccccc1O. The highest BCUT2D eigenvalue weighted by Gasteiger charge is 2.26. The average molecular weight is 225 g/mol. The third-order valence-corrected chi connectivity index (χ3v) is 2.30. The lowest BCUT2D eigenvalue weighted by atomic mass is 10.0. The van der Waals surface area contributed by atoms with E-state index in [0.29, 0.717) is 5.56 Å². The number of nitrogens with zero attached hydrogens (tertiary/aromatic N) is 1. The lowest BCUT2D eigenvalue weighted by Crippen LogP contribution is -2.39. The van der Waals surface area contributed by atoms with Gasteiger partial charge in [0.2, 0.25) is 0 Å². The van der Waals surface area contributed by atoms with Gasteiger partial charge in [-0.05, 0) is 12.1 Å². The van der Waals surface area contributed by atoms with Crippen LogP contribution in [0.1, 0.15) is 5.56 Å². The first-order chi connectivity index (χ1) is 7.67. The maximum absolute atomic E-state index is 9.45. The van der Waals surface area contributed by atoms with Crippen molar-refractivity contribution < 1.29 is 20.4 Å². The number of aliphatic hydroxyl groups excluding tert-OH is 3. The van der Waals surface area contributed by atoms with Crippen LogP contribution in [0.3, 0.4) is 0 Å². The minimum atomic E-state index is -1.30. The number of aliphatic imine (C=N–C) groups is 1. The molecule has 0 heterocycles. The Morgan fingerprint density at radius 1 is 1.06 bits per heavy atom. The van der Waals surface area contributed by atoms with Crippen molar-refractivity contribution in [1.82, 2.24) is 0 Å². The fourth-order valence-corrected chi connectivity index (χ4v) is 1.08. The molecule has 16 heavy (non-hydrogen) atoms. The summed E-state index contributed by atoms with van der Waals surface area (Å²) in [5, 5.41) is 36.5. The van der Waals surface area contributed by atoms with Crippen LogP contribution < -0.4 is 0 Å². The summed E-state index contributed by atoms with van der Waals surface area (Å²) in [6.07, 6.45) is 1.32. The normalized spacial score (nSPS) is 12.2. The van der Waals surface area contributed by atoms with Crippen LogP contribution in [0.15, 0.2) is 29.3 Å². The fourth-order valence-electron chi connectivity index (χ4n) is 1.08. The molecule has 0 aliphatic rings. The van der Waals surface area contributed by atoms with Crippen LogP contribution in [-0.4, -0.2) is 52.0 Å². The molecule has 4 N–H and O–H groups in total. The largest absolute Gasteiger partial charge is 0.507 e. The molecule has 0 aliphatic carbocycles. The molecule has 0 fully saturated rings. The number of para-hydroxylation sites is 1. The molecule has 0 saturated carbocycles. The van der Waals surface area contributed by atoms with Gasteiger partial charge in [0.15, 0.2) is 0 Å². The standard InChI is InChI=1S/C11H15NO4/c13-6-11(7-14,8-15)12-5-9-3-1-2-4-10(9)16/h1-5,13-16H,6-8H2. The molecular formula is C11H15NO4. The Balaban J connectivity index is 2.91. The van der Waals surface area contributed by atoms with Gasteiger partial charge in [-0.2, -0.15) is 0 Å². The third kappa shape index (κ3) is 2.79. The molecule has 5 heteroatoms. The molecule has 0 unspecified atom stereocenters. The molecule has 0 atom stereocenters. The molecule has 0 bridgehead atoms. The second-order valence-corrected chi connectivity index (χ2v) is 3.52. The highest BCUT2D eigenvalue weighted by Crippen LogP contribution is 2.15. The lowest BCUT2D eigenvalue weighted by molar-refractivity contribution is 0.0718. The Morgan fingerprint density at radius 2 is 1.62 bits per heavy atom. The molecule has 1 rings (SSSR count). The van der Waals surface area contributed by atoms with Crippen molar-refractivity contribution in [1.29, 1.82) is 0 Å². The van der Waals surface area contributed by atoms with E-state index in [-0.39, 0.29) is 5.75 Å². The minimum Gasteiger partial charge on any atom is -0.507 e. The van der Waals surface area contributed by atoms with Crippen LogP contribution >= 0.6 is 0 Å². The van der Waals surface area contributed by atoms with Crippen LogP contribution in [0.25, 0.3) is 0 Å². The number of aromatic hydroxyl groups is 1. The highest BCUT2D eigenvalue weighted by atomic mass is 16.3. The number of phenols is 1. The van der Waals surface area contributed by atoms with Crippen LogP contribution in [0.4, 0.5) is 0 Å². The van der Waals surface area contributed by atoms with Crippen molar-refractivity contribution in [2.45, 2.75) is 5.54 Å². The predicted octanol–water partition coefficient (Wildman–Crippen LogP) is -0.473. The first-order valence-corrected chi connectivity index (χ1v) is 4.83. The summed E-state index contributed by atoms with van der Waals surface area (Å²) < 4.78 is 0. The Morgan fingerprint density at radius 3 is 2.12 bits per heavy atom. The molecule has 88 valence electrons. The summed E-state index contributed by atoms with van der Waals surface area (Å²) >= 11 is 0. The summed E-state index contributed by atoms with van der Waals surface area (Å²) in [4.78, 5) is 3.91. The Bertz CT molecular complexity index is 352. The number of benzene rings is 1. The number of aliphatic hydroxyl groups is 3. The van der Waals surface area contributed by atoms with E-state index in [4.69, 9.17) is 15.3 Å². The topological polar surface area (TPSA) is 93.3 Å². The minimum absolute atomic E-state index is 0.0500. The van der Waals surface area contributed by atoms with Gasteiger partial charge in [0.25, 0.3) is 0 Å². The lowest BCUT2D eigenvalue weighted by Gasteiger charge is -2.21. The summed E-state index contributed by atoms with van der Waals surface area (Å²) in [5.41, 5.74) is -0.843. The first-order valence-electron chi connectivity index (χ1n) is 4.83. The Kier molecular flexibility index (Phi) is 4.42. The molecule has 0 aromatic heterocycles. The Hall–Kier alpha value is -1.43. The zero-order valence-corrected chi connectivity index (χ0v) is 8.74. The van der Waals surface area contributed by atoms with E-state index < -0.39 is 25.4 Å². The van der Waals surface area contributed by atoms with E-state index in [1.165, 1.54) is 12.3 Å². The van der Waals surface area contributed by atoms with Crippen molar-refractivity contribution in [3.8, 4) is 5.75 Å². The van der Waals surface area contributed by atoms with Crippen LogP contribution in [-0.2, 0) is 0 Å². The maximum Gasteiger partial charge on any atom is 0.129 e. The fraction of sp³-hybridized carbons (Fsp3) is 0.364. The van der Waals surface area contributed by atoms with E-state index in [0.717, 1.165) is 0 Å². The number of phenolic OH excluding ortho intramolecular Hbond substituents is 1. The van der Waals surface area contributed by atoms with E-state index >= 15 is 0 Å². The second-order valence-electron chi connectivity index (χ2n) is 3.52. The van der Waals surface area contributed by atoms with Crippen molar-refractivity contribution in [2.75, 3.05) is 19.8 Å². The summed E-state index contributed by atoms with van der Waals surface area (Å²) in [5.74, 6) is 0.0500. The predicted molar refractivity (Wildman–Crippen MR) is 59.7 cm³/mol. The second kappa shape index (κ2) is 5.60. The maximum atomic E-state index is 9.45. The van der Waals surface area contributed by atoms with E-state index in [2.05, 4.69) is 4.99 Å². The van der Waals surface area contributed by atoms with Crippen molar-refractivity contribution >= 4 is 6.21 Å². The van der Waals surface area contributed by atoms with Gasteiger partial charge in [-0.15, -0.1) is 0 Å². The molecule has 5 nitrogen and oxygen atoms in total. The van der Waals surface area contributed by atoms with Crippen molar-refractivity contribution in [3.05, 3.63) is 29.8 Å². The smallest absolute Gasteiger partial charge is 0.129 e. The van der Waals surface area contributed by atoms with E-state index in [1.54, 1.807) is 18.2 Å². The van der Waals surface area contributed by atoms with Crippen LogP contribution in [0.2, 0.25) is 0 Å². The first kappa shape index (κ1) is 12.6. The van der Waals surface area contributed by atoms with Crippen LogP contribution in [0, 0.1) is 0 Å². The Labute approximate surface area is 93.3 Å². The van der Waals surface area contributed by atoms with Gasteiger partial charge in [-0.1, -0.05) is 12.1 Å². The zero-order chi connectivity index (χ0) is 12.0. The van der Waals surface area contributed by atoms with E-state index in [1.807, 2.05) is 0 Å². The average Bonchev–Trinajstić information content (AvgIpc) is 2.34. The van der Waals surface area contributed by atoms with Gasteiger partial charge in [-0.3, -0.25) is 4.99 Å². The molecule has 0 saturated heterocycles. The molecule has 0 spiro atoms.